The normalized spacial score (nSPS) is 13.4. The van der Waals surface area contributed by atoms with Gasteiger partial charge >= 0.3 is 0 Å². The van der Waals surface area contributed by atoms with E-state index in [-0.39, 0.29) is 5.54 Å². The van der Waals surface area contributed by atoms with E-state index in [1.807, 2.05) is 0 Å². The van der Waals surface area contributed by atoms with Crippen molar-refractivity contribution in [2.45, 2.75) is 52.5 Å². The maximum Gasteiger partial charge on any atom is 0.0410 e. The Morgan fingerprint density at radius 3 is 2.19 bits per heavy atom. The molecule has 0 aromatic carbocycles. The standard InChI is InChI=1S/C13H27N2P/c1-7-9-11(15(5)6)12(13(3,4)14)16-10-8-2/h16H,7-9,14H2,1-6H3/b12-11-. The fraction of sp³-hybridized carbons (Fsp3) is 0.769. The Kier molecular flexibility index (Phi) is 6.83. The predicted molar refractivity (Wildman–Crippen MR) is 76.4 cm³/mol. The lowest BCUT2D eigenvalue weighted by Crippen LogP contribution is -2.34. The third-order valence-corrected chi connectivity index (χ3v) is 4.06. The molecule has 0 aromatic rings. The maximum atomic E-state index is 6.27. The molecule has 0 saturated heterocycles. The third kappa shape index (κ3) is 5.07. The zero-order chi connectivity index (χ0) is 12.8. The number of hydrogen-bond acceptors (Lipinski definition) is 2. The summed E-state index contributed by atoms with van der Waals surface area (Å²) in [5.74, 6) is 0. The molecule has 0 radical (unpaired) electrons. The van der Waals surface area contributed by atoms with Crippen molar-refractivity contribution in [2.75, 3.05) is 14.1 Å². The van der Waals surface area contributed by atoms with Gasteiger partial charge in [-0.15, -0.1) is 5.63 Å². The van der Waals surface area contributed by atoms with Gasteiger partial charge in [-0.2, -0.15) is 0 Å². The molecule has 0 saturated carbocycles. The van der Waals surface area contributed by atoms with E-state index in [0.29, 0.717) is 8.04 Å². The van der Waals surface area contributed by atoms with E-state index in [9.17, 15) is 0 Å². The Labute approximate surface area is 102 Å². The van der Waals surface area contributed by atoms with Gasteiger partial charge in [0.15, 0.2) is 0 Å². The summed E-state index contributed by atoms with van der Waals surface area (Å²) >= 11 is 0. The van der Waals surface area contributed by atoms with Gasteiger partial charge in [-0.1, -0.05) is 28.3 Å². The Hall–Kier alpha value is -0.420. The lowest BCUT2D eigenvalue weighted by atomic mass is 10.0. The number of nitrogens with two attached hydrogens (primary N) is 1. The summed E-state index contributed by atoms with van der Waals surface area (Å²) in [6.07, 6.45) is 3.25. The fourth-order valence-corrected chi connectivity index (χ4v) is 2.76. The van der Waals surface area contributed by atoms with E-state index in [0.717, 1.165) is 19.3 Å². The molecule has 0 aromatic heterocycles. The zero-order valence-corrected chi connectivity index (χ0v) is 12.6. The van der Waals surface area contributed by atoms with Crippen LogP contribution in [0.2, 0.25) is 0 Å². The molecule has 1 unspecified atom stereocenters. The lowest BCUT2D eigenvalue weighted by molar-refractivity contribution is 0.466. The predicted octanol–water partition coefficient (Wildman–Crippen LogP) is 3.34. The highest BCUT2D eigenvalue weighted by Gasteiger charge is 2.20. The fourth-order valence-electron chi connectivity index (χ4n) is 1.59. The van der Waals surface area contributed by atoms with E-state index in [1.54, 1.807) is 0 Å². The first-order valence-corrected chi connectivity index (χ1v) is 7.03. The minimum atomic E-state index is -0.241. The first-order chi connectivity index (χ1) is 7.34. The summed E-state index contributed by atoms with van der Waals surface area (Å²) in [6.45, 7) is 8.52. The van der Waals surface area contributed by atoms with Crippen LogP contribution in [0, 0.1) is 5.63 Å². The van der Waals surface area contributed by atoms with Gasteiger partial charge in [-0.05, 0) is 20.3 Å². The monoisotopic (exact) mass is 242 g/mol. The number of nitrogens with zero attached hydrogens (tertiary/aromatic N) is 1. The van der Waals surface area contributed by atoms with Crippen LogP contribution in [0.5, 0.6) is 0 Å². The van der Waals surface area contributed by atoms with Crippen LogP contribution in [-0.2, 0) is 0 Å². The summed E-state index contributed by atoms with van der Waals surface area (Å²) in [5.41, 5.74) is 10.8. The third-order valence-electron chi connectivity index (χ3n) is 2.35. The van der Waals surface area contributed by atoms with Crippen LogP contribution in [0.1, 0.15) is 47.0 Å². The summed E-state index contributed by atoms with van der Waals surface area (Å²) in [7, 11) is 4.83. The molecule has 2 nitrogen and oxygen atoms in total. The van der Waals surface area contributed by atoms with Gasteiger partial charge in [-0.3, -0.25) is 0 Å². The van der Waals surface area contributed by atoms with Crippen LogP contribution < -0.4 is 5.73 Å². The molecule has 0 amide bonds. The molecule has 1 atom stereocenters. The minimum absolute atomic E-state index is 0.241. The molecule has 0 aliphatic heterocycles. The molecular formula is C13H27N2P. The molecule has 0 heterocycles. The second-order valence-electron chi connectivity index (χ2n) is 4.84. The topological polar surface area (TPSA) is 29.3 Å². The average Bonchev–Trinajstić information content (AvgIpc) is 2.14. The summed E-state index contributed by atoms with van der Waals surface area (Å²) < 4.78 is 0. The van der Waals surface area contributed by atoms with E-state index in [1.165, 1.54) is 11.0 Å². The van der Waals surface area contributed by atoms with Gasteiger partial charge < -0.3 is 10.6 Å². The smallest absolute Gasteiger partial charge is 0.0410 e. The van der Waals surface area contributed by atoms with Crippen molar-refractivity contribution >= 4 is 8.04 Å². The molecule has 0 spiro atoms. The van der Waals surface area contributed by atoms with Crippen LogP contribution >= 0.6 is 8.04 Å². The molecule has 94 valence electrons. The van der Waals surface area contributed by atoms with Gasteiger partial charge in [0.05, 0.1) is 0 Å². The van der Waals surface area contributed by atoms with Crippen LogP contribution in [0.15, 0.2) is 11.0 Å². The van der Waals surface area contributed by atoms with Gasteiger partial charge in [0.25, 0.3) is 0 Å². The summed E-state index contributed by atoms with van der Waals surface area (Å²) in [4.78, 5) is 2.21. The Morgan fingerprint density at radius 1 is 1.31 bits per heavy atom. The van der Waals surface area contributed by atoms with Crippen molar-refractivity contribution in [3.05, 3.63) is 11.0 Å². The largest absolute Gasteiger partial charge is 0.380 e. The Bertz CT molecular complexity index is 300. The van der Waals surface area contributed by atoms with Crippen molar-refractivity contribution < 1.29 is 0 Å². The first kappa shape index (κ1) is 15.6. The highest BCUT2D eigenvalue weighted by Crippen LogP contribution is 2.30. The number of rotatable bonds is 4. The Balaban J connectivity index is 5.46. The first-order valence-electron chi connectivity index (χ1n) is 6.03. The number of allylic oxidation sites excluding steroid dienone is 1. The molecule has 0 aliphatic carbocycles. The van der Waals surface area contributed by atoms with E-state index >= 15 is 0 Å². The van der Waals surface area contributed by atoms with Gasteiger partial charge in [0, 0.05) is 37.1 Å². The molecular weight excluding hydrogens is 215 g/mol. The van der Waals surface area contributed by atoms with Crippen LogP contribution in [-0.4, -0.2) is 24.5 Å². The Morgan fingerprint density at radius 2 is 1.88 bits per heavy atom. The van der Waals surface area contributed by atoms with E-state index < -0.39 is 0 Å². The highest BCUT2D eigenvalue weighted by molar-refractivity contribution is 7.32. The van der Waals surface area contributed by atoms with E-state index in [4.69, 9.17) is 5.73 Å². The van der Waals surface area contributed by atoms with Gasteiger partial charge in [-0.25, -0.2) is 0 Å². The zero-order valence-electron chi connectivity index (χ0n) is 11.6. The van der Waals surface area contributed by atoms with Crippen LogP contribution in [0.4, 0.5) is 0 Å². The average molecular weight is 242 g/mol. The molecule has 0 aliphatic rings. The highest BCUT2D eigenvalue weighted by atomic mass is 31.0. The SMILES string of the molecule is CCC#[PH]/C(=C(/CCC)N(C)C)C(C)(C)N. The van der Waals surface area contributed by atoms with Crippen molar-refractivity contribution in [1.82, 2.24) is 4.90 Å². The van der Waals surface area contributed by atoms with Gasteiger partial charge in [0.2, 0.25) is 0 Å². The molecule has 0 bridgehead atoms. The van der Waals surface area contributed by atoms with Crippen molar-refractivity contribution in [2.24, 2.45) is 5.73 Å². The second kappa shape index (κ2) is 7.01. The second-order valence-corrected chi connectivity index (χ2v) is 5.95. The molecule has 2 N–H and O–H groups in total. The molecule has 16 heavy (non-hydrogen) atoms. The quantitative estimate of drug-likeness (QED) is 0.766. The minimum Gasteiger partial charge on any atom is -0.380 e. The van der Waals surface area contributed by atoms with Crippen molar-refractivity contribution in [1.29, 1.82) is 0 Å². The van der Waals surface area contributed by atoms with Crippen LogP contribution in [0.3, 0.4) is 0 Å². The van der Waals surface area contributed by atoms with Crippen LogP contribution in [0.25, 0.3) is 0 Å². The maximum absolute atomic E-state index is 6.27. The van der Waals surface area contributed by atoms with Crippen molar-refractivity contribution in [3.63, 3.8) is 0 Å². The van der Waals surface area contributed by atoms with E-state index in [2.05, 4.69) is 52.3 Å². The number of hydrogen-bond donors (Lipinski definition) is 1. The van der Waals surface area contributed by atoms with Crippen molar-refractivity contribution in [3.8, 4) is 5.63 Å². The van der Waals surface area contributed by atoms with Gasteiger partial charge in [0.1, 0.15) is 0 Å². The lowest BCUT2D eigenvalue weighted by Gasteiger charge is -2.27. The summed E-state index contributed by atoms with van der Waals surface area (Å²) in [5, 5.41) is 1.35. The molecule has 0 fully saturated rings. The summed E-state index contributed by atoms with van der Waals surface area (Å²) in [6, 6.07) is 0. The molecule has 0 rings (SSSR count). The molecule has 3 heteroatoms.